The summed E-state index contributed by atoms with van der Waals surface area (Å²) in [5.74, 6) is -0.0631. The van der Waals surface area contributed by atoms with E-state index in [0.717, 1.165) is 24.2 Å². The fraction of sp³-hybridized carbons (Fsp3) is 0.188. The van der Waals surface area contributed by atoms with Gasteiger partial charge in [-0.15, -0.1) is 0 Å². The molecule has 0 fully saturated rings. The van der Waals surface area contributed by atoms with Crippen molar-refractivity contribution in [3.05, 3.63) is 58.0 Å². The zero-order valence-corrected chi connectivity index (χ0v) is 11.3. The Labute approximate surface area is 120 Å². The van der Waals surface area contributed by atoms with Crippen LogP contribution in [0.4, 0.5) is 0 Å². The summed E-state index contributed by atoms with van der Waals surface area (Å²) in [5.41, 5.74) is 2.39. The topological polar surface area (TPSA) is 67.8 Å². The highest BCUT2D eigenvalue weighted by Gasteiger charge is 2.24. The van der Waals surface area contributed by atoms with E-state index in [1.54, 1.807) is 4.68 Å². The maximum atomic E-state index is 12.5. The minimum absolute atomic E-state index is 0.0631. The van der Waals surface area contributed by atoms with Crippen LogP contribution in [0.1, 0.15) is 28.9 Å². The van der Waals surface area contributed by atoms with Gasteiger partial charge >= 0.3 is 0 Å². The predicted octanol–water partition coefficient (Wildman–Crippen LogP) is 2.23. The number of para-hydroxylation sites is 1. The number of pyridine rings is 1. The first kappa shape index (κ1) is 12.1. The predicted molar refractivity (Wildman–Crippen MR) is 79.0 cm³/mol. The van der Waals surface area contributed by atoms with Crippen LogP contribution in [0.2, 0.25) is 0 Å². The molecule has 0 radical (unpaired) electrons. The molecule has 1 aromatic carbocycles. The Bertz CT molecular complexity index is 906. The number of H-pyrrole nitrogens is 1. The van der Waals surface area contributed by atoms with Gasteiger partial charge in [0.15, 0.2) is 5.78 Å². The van der Waals surface area contributed by atoms with Gasteiger partial charge in [-0.25, -0.2) is 4.68 Å². The Morgan fingerprint density at radius 2 is 1.90 bits per heavy atom. The van der Waals surface area contributed by atoms with Crippen LogP contribution in [0.15, 0.2) is 41.3 Å². The summed E-state index contributed by atoms with van der Waals surface area (Å²) in [6, 6.07) is 9.62. The molecule has 0 saturated heterocycles. The molecule has 0 bridgehead atoms. The highest BCUT2D eigenvalue weighted by atomic mass is 16.1. The third kappa shape index (κ3) is 1.74. The third-order valence-electron chi connectivity index (χ3n) is 3.92. The number of hydrogen-bond acceptors (Lipinski definition) is 3. The van der Waals surface area contributed by atoms with Crippen molar-refractivity contribution in [1.29, 1.82) is 0 Å². The van der Waals surface area contributed by atoms with E-state index in [1.807, 2.05) is 30.3 Å². The lowest BCUT2D eigenvalue weighted by atomic mass is 9.94. The molecule has 21 heavy (non-hydrogen) atoms. The number of aryl methyl sites for hydroxylation is 1. The van der Waals surface area contributed by atoms with Crippen LogP contribution >= 0.6 is 0 Å². The number of carbonyl (C=O) groups is 1. The molecule has 1 aliphatic carbocycles. The Hall–Kier alpha value is -2.69. The maximum Gasteiger partial charge on any atom is 0.203 e. The normalized spacial score (nSPS) is 14.4. The van der Waals surface area contributed by atoms with E-state index in [4.69, 9.17) is 0 Å². The smallest absolute Gasteiger partial charge is 0.203 e. The average Bonchev–Trinajstić information content (AvgIpc) is 2.92. The van der Waals surface area contributed by atoms with Gasteiger partial charge < -0.3 is 4.98 Å². The van der Waals surface area contributed by atoms with Crippen LogP contribution in [0.5, 0.6) is 0 Å². The molecule has 0 amide bonds. The summed E-state index contributed by atoms with van der Waals surface area (Å²) in [4.78, 5) is 27.8. The SMILES string of the molecule is O=C1CCCc2[nH]c3c(cnn3-c3ccccc3)c(=O)c21. The second-order valence-corrected chi connectivity index (χ2v) is 5.24. The molecule has 3 aromatic rings. The molecule has 1 aliphatic rings. The van der Waals surface area contributed by atoms with Crippen LogP contribution < -0.4 is 5.43 Å². The molecule has 0 atom stereocenters. The van der Waals surface area contributed by atoms with Crippen molar-refractivity contribution in [3.63, 3.8) is 0 Å². The third-order valence-corrected chi connectivity index (χ3v) is 3.92. The molecule has 5 heteroatoms. The van der Waals surface area contributed by atoms with E-state index >= 15 is 0 Å². The number of rotatable bonds is 1. The van der Waals surface area contributed by atoms with Gasteiger partial charge in [0.2, 0.25) is 5.43 Å². The molecule has 0 saturated carbocycles. The number of hydrogen-bond donors (Lipinski definition) is 1. The van der Waals surface area contributed by atoms with Crippen LogP contribution in [0, 0.1) is 0 Å². The summed E-state index contributed by atoms with van der Waals surface area (Å²) in [5, 5.41) is 4.76. The van der Waals surface area contributed by atoms with Crippen molar-refractivity contribution >= 4 is 16.8 Å². The van der Waals surface area contributed by atoms with Gasteiger partial charge in [-0.2, -0.15) is 5.10 Å². The van der Waals surface area contributed by atoms with Gasteiger partial charge in [0.1, 0.15) is 5.65 Å². The largest absolute Gasteiger partial charge is 0.342 e. The fourth-order valence-electron chi connectivity index (χ4n) is 2.91. The Morgan fingerprint density at radius 3 is 2.71 bits per heavy atom. The number of ketones is 1. The van der Waals surface area contributed by atoms with Crippen LogP contribution in [0.25, 0.3) is 16.7 Å². The summed E-state index contributed by atoms with van der Waals surface area (Å²) in [6.07, 6.45) is 3.50. The van der Waals surface area contributed by atoms with Gasteiger partial charge in [-0.3, -0.25) is 9.59 Å². The van der Waals surface area contributed by atoms with Crippen molar-refractivity contribution in [3.8, 4) is 5.69 Å². The highest BCUT2D eigenvalue weighted by molar-refractivity contribution is 6.00. The number of Topliss-reactive ketones (excluding diaryl/α,β-unsaturated/α-hetero) is 1. The number of fused-ring (bicyclic) bond motifs is 2. The van der Waals surface area contributed by atoms with Crippen molar-refractivity contribution in [2.24, 2.45) is 0 Å². The first-order chi connectivity index (χ1) is 10.3. The summed E-state index contributed by atoms with van der Waals surface area (Å²) < 4.78 is 1.70. The second-order valence-electron chi connectivity index (χ2n) is 5.24. The second kappa shape index (κ2) is 4.41. The maximum absolute atomic E-state index is 12.5. The lowest BCUT2D eigenvalue weighted by Gasteiger charge is -2.14. The highest BCUT2D eigenvalue weighted by Crippen LogP contribution is 2.21. The molecule has 0 aliphatic heterocycles. The van der Waals surface area contributed by atoms with E-state index in [1.165, 1.54) is 6.20 Å². The Kier molecular flexibility index (Phi) is 2.54. The molecule has 2 aromatic heterocycles. The van der Waals surface area contributed by atoms with Crippen molar-refractivity contribution in [2.45, 2.75) is 19.3 Å². The zero-order chi connectivity index (χ0) is 14.4. The zero-order valence-electron chi connectivity index (χ0n) is 11.3. The van der Waals surface area contributed by atoms with Crippen LogP contribution in [-0.4, -0.2) is 20.5 Å². The fourth-order valence-corrected chi connectivity index (χ4v) is 2.91. The van der Waals surface area contributed by atoms with E-state index in [2.05, 4.69) is 10.1 Å². The Morgan fingerprint density at radius 1 is 1.10 bits per heavy atom. The van der Waals surface area contributed by atoms with Crippen molar-refractivity contribution < 1.29 is 4.79 Å². The summed E-state index contributed by atoms with van der Waals surface area (Å²) in [6.45, 7) is 0. The van der Waals surface area contributed by atoms with Crippen LogP contribution in [0.3, 0.4) is 0 Å². The molecule has 0 unspecified atom stereocenters. The molecular formula is C16H13N3O2. The summed E-state index contributed by atoms with van der Waals surface area (Å²) >= 11 is 0. The van der Waals surface area contributed by atoms with Gasteiger partial charge in [0.25, 0.3) is 0 Å². The molecule has 1 N–H and O–H groups in total. The first-order valence-corrected chi connectivity index (χ1v) is 6.97. The molecule has 2 heterocycles. The minimum Gasteiger partial charge on any atom is -0.342 e. The number of benzene rings is 1. The number of aromatic nitrogens is 3. The molecular weight excluding hydrogens is 266 g/mol. The molecule has 4 rings (SSSR count). The number of nitrogens with zero attached hydrogens (tertiary/aromatic N) is 2. The number of aromatic amines is 1. The average molecular weight is 279 g/mol. The number of carbonyl (C=O) groups excluding carboxylic acids is 1. The van der Waals surface area contributed by atoms with Crippen LogP contribution in [-0.2, 0) is 6.42 Å². The lowest BCUT2D eigenvalue weighted by molar-refractivity contribution is 0.0970. The standard InChI is InChI=1S/C16H13N3O2/c20-13-8-4-7-12-14(13)15(21)11-9-17-19(16(11)18-12)10-5-2-1-3-6-10/h1-3,5-6,9H,4,7-8H2,(H,18,21). The van der Waals surface area contributed by atoms with Gasteiger partial charge in [-0.1, -0.05) is 18.2 Å². The summed E-state index contributed by atoms with van der Waals surface area (Å²) in [7, 11) is 0. The minimum atomic E-state index is -0.203. The van der Waals surface area contributed by atoms with Crippen molar-refractivity contribution in [2.75, 3.05) is 0 Å². The number of nitrogens with one attached hydrogen (secondary N) is 1. The monoisotopic (exact) mass is 279 g/mol. The molecule has 0 spiro atoms. The molecule has 104 valence electrons. The van der Waals surface area contributed by atoms with E-state index in [0.29, 0.717) is 23.0 Å². The quantitative estimate of drug-likeness (QED) is 0.742. The van der Waals surface area contributed by atoms with Gasteiger partial charge in [0, 0.05) is 12.1 Å². The Balaban J connectivity index is 2.04. The van der Waals surface area contributed by atoms with E-state index in [-0.39, 0.29) is 11.2 Å². The molecule has 5 nitrogen and oxygen atoms in total. The van der Waals surface area contributed by atoms with Gasteiger partial charge in [-0.05, 0) is 25.0 Å². The van der Waals surface area contributed by atoms with E-state index in [9.17, 15) is 9.59 Å². The van der Waals surface area contributed by atoms with Crippen molar-refractivity contribution in [1.82, 2.24) is 14.8 Å². The first-order valence-electron chi connectivity index (χ1n) is 6.97. The van der Waals surface area contributed by atoms with E-state index < -0.39 is 0 Å². The van der Waals surface area contributed by atoms with Gasteiger partial charge in [0.05, 0.1) is 22.8 Å². The lowest BCUT2D eigenvalue weighted by Crippen LogP contribution is -2.23.